The summed E-state index contributed by atoms with van der Waals surface area (Å²) >= 11 is 6.07. The van der Waals surface area contributed by atoms with Crippen molar-refractivity contribution in [2.75, 3.05) is 32.8 Å². The fourth-order valence-electron chi connectivity index (χ4n) is 3.05. The summed E-state index contributed by atoms with van der Waals surface area (Å²) in [5.41, 5.74) is 0.987. The van der Waals surface area contributed by atoms with E-state index in [0.717, 1.165) is 36.7 Å². The molecule has 0 spiro atoms. The van der Waals surface area contributed by atoms with Crippen LogP contribution in [0.25, 0.3) is 0 Å². The van der Waals surface area contributed by atoms with Crippen LogP contribution in [-0.2, 0) is 11.3 Å². The van der Waals surface area contributed by atoms with Gasteiger partial charge in [-0.25, -0.2) is 9.79 Å². The number of carbonyl (C=O) groups is 1. The Labute approximate surface area is 195 Å². The van der Waals surface area contributed by atoms with Gasteiger partial charge in [0, 0.05) is 36.3 Å². The van der Waals surface area contributed by atoms with Gasteiger partial charge in [-0.1, -0.05) is 17.7 Å². The van der Waals surface area contributed by atoms with Crippen LogP contribution in [0, 0.1) is 0 Å². The number of hydrogen-bond donors (Lipinski definition) is 2. The van der Waals surface area contributed by atoms with Crippen LogP contribution in [0.5, 0.6) is 5.75 Å². The minimum atomic E-state index is -0.229. The van der Waals surface area contributed by atoms with Gasteiger partial charge in [-0.15, -0.1) is 24.0 Å². The molecule has 0 radical (unpaired) electrons. The van der Waals surface area contributed by atoms with Crippen molar-refractivity contribution in [1.29, 1.82) is 0 Å². The van der Waals surface area contributed by atoms with E-state index in [2.05, 4.69) is 10.6 Å². The van der Waals surface area contributed by atoms with E-state index in [0.29, 0.717) is 37.9 Å². The lowest BCUT2D eigenvalue weighted by Gasteiger charge is -2.32. The predicted octanol–water partition coefficient (Wildman–Crippen LogP) is 4.03. The minimum Gasteiger partial charge on any atom is -0.493 e. The molecule has 0 aliphatic carbocycles. The van der Waals surface area contributed by atoms with Crippen LogP contribution in [-0.4, -0.2) is 55.8 Å². The average Bonchev–Trinajstić information content (AvgIpc) is 2.68. The van der Waals surface area contributed by atoms with Crippen molar-refractivity contribution in [2.24, 2.45) is 4.99 Å². The van der Waals surface area contributed by atoms with Gasteiger partial charge < -0.3 is 25.0 Å². The van der Waals surface area contributed by atoms with Crippen molar-refractivity contribution in [1.82, 2.24) is 15.5 Å². The lowest BCUT2D eigenvalue weighted by atomic mass is 10.1. The summed E-state index contributed by atoms with van der Waals surface area (Å²) in [6.07, 6.45) is 1.48. The summed E-state index contributed by atoms with van der Waals surface area (Å²) in [5.74, 6) is 1.52. The first-order chi connectivity index (χ1) is 13.6. The van der Waals surface area contributed by atoms with Crippen molar-refractivity contribution < 1.29 is 14.3 Å². The van der Waals surface area contributed by atoms with Crippen LogP contribution in [0.15, 0.2) is 23.2 Å². The number of benzene rings is 1. The molecule has 1 aromatic rings. The fourth-order valence-corrected chi connectivity index (χ4v) is 3.21. The van der Waals surface area contributed by atoms with Gasteiger partial charge >= 0.3 is 6.09 Å². The van der Waals surface area contributed by atoms with E-state index in [1.165, 1.54) is 0 Å². The molecule has 1 fully saturated rings. The molecule has 7 nitrogen and oxygen atoms in total. The highest BCUT2D eigenvalue weighted by atomic mass is 127. The molecule has 2 N–H and O–H groups in total. The predicted molar refractivity (Wildman–Crippen MR) is 128 cm³/mol. The highest BCUT2D eigenvalue weighted by Gasteiger charge is 2.24. The van der Waals surface area contributed by atoms with Gasteiger partial charge in [0.2, 0.25) is 0 Å². The maximum Gasteiger partial charge on any atom is 0.409 e. The number of guanidine groups is 1. The summed E-state index contributed by atoms with van der Waals surface area (Å²) in [6, 6.07) is 5.88. The van der Waals surface area contributed by atoms with Gasteiger partial charge in [-0.3, -0.25) is 0 Å². The number of hydrogen-bond acceptors (Lipinski definition) is 4. The maximum absolute atomic E-state index is 11.8. The lowest BCUT2D eigenvalue weighted by Crippen LogP contribution is -2.49. The van der Waals surface area contributed by atoms with E-state index >= 15 is 0 Å². The fraction of sp³-hybridized carbons (Fsp3) is 0.600. The second kappa shape index (κ2) is 13.7. The smallest absolute Gasteiger partial charge is 0.409 e. The monoisotopic (exact) mass is 538 g/mol. The molecular weight excluding hydrogens is 507 g/mol. The molecule has 1 aliphatic rings. The molecule has 0 aromatic heterocycles. The Kier molecular flexibility index (Phi) is 12.1. The van der Waals surface area contributed by atoms with Crippen LogP contribution in [0.4, 0.5) is 4.79 Å². The van der Waals surface area contributed by atoms with E-state index in [9.17, 15) is 4.79 Å². The zero-order valence-corrected chi connectivity index (χ0v) is 20.5. The Morgan fingerprint density at radius 3 is 2.59 bits per heavy atom. The minimum absolute atomic E-state index is 0. The molecule has 0 bridgehead atoms. The molecule has 0 saturated carbocycles. The van der Waals surface area contributed by atoms with Gasteiger partial charge in [0.1, 0.15) is 5.75 Å². The summed E-state index contributed by atoms with van der Waals surface area (Å²) in [6.45, 7) is 9.41. The SMILES string of the molecule is CCNC(=NCc1ccc(Cl)cc1OCC)NC1CCN(C(=O)OCC)CC1.I. The highest BCUT2D eigenvalue weighted by molar-refractivity contribution is 14.0. The van der Waals surface area contributed by atoms with Crippen LogP contribution < -0.4 is 15.4 Å². The summed E-state index contributed by atoms with van der Waals surface area (Å²) in [7, 11) is 0. The normalized spacial score (nSPS) is 14.8. The molecule has 1 aromatic carbocycles. The summed E-state index contributed by atoms with van der Waals surface area (Å²) in [5, 5.41) is 7.41. The van der Waals surface area contributed by atoms with E-state index in [-0.39, 0.29) is 36.1 Å². The molecular formula is C20H32ClIN4O3. The Balaban J connectivity index is 0.00000420. The van der Waals surface area contributed by atoms with Gasteiger partial charge in [0.25, 0.3) is 0 Å². The standard InChI is InChI=1S/C20H31ClN4O3.HI/c1-4-22-19(23-14-15-7-8-16(21)13-18(15)27-5-2)24-17-9-11-25(12-10-17)20(26)28-6-3;/h7-8,13,17H,4-6,9-12,14H2,1-3H3,(H2,22,23,24);1H. The van der Waals surface area contributed by atoms with Crippen molar-refractivity contribution in [3.05, 3.63) is 28.8 Å². The van der Waals surface area contributed by atoms with Gasteiger partial charge in [0.05, 0.1) is 19.8 Å². The van der Waals surface area contributed by atoms with E-state index < -0.39 is 0 Å². The number of nitrogens with one attached hydrogen (secondary N) is 2. The molecule has 1 aliphatic heterocycles. The first kappa shape index (κ1) is 25.6. The maximum atomic E-state index is 11.8. The quantitative estimate of drug-likeness (QED) is 0.311. The number of rotatable bonds is 7. The second-order valence-corrected chi connectivity index (χ2v) is 6.92. The second-order valence-electron chi connectivity index (χ2n) is 6.48. The number of nitrogens with zero attached hydrogens (tertiary/aromatic N) is 2. The molecule has 0 atom stereocenters. The molecule has 29 heavy (non-hydrogen) atoms. The third kappa shape index (κ3) is 8.46. The van der Waals surface area contributed by atoms with E-state index in [4.69, 9.17) is 26.1 Å². The largest absolute Gasteiger partial charge is 0.493 e. The zero-order chi connectivity index (χ0) is 20.4. The van der Waals surface area contributed by atoms with Crippen molar-refractivity contribution >= 4 is 47.6 Å². The van der Waals surface area contributed by atoms with Crippen molar-refractivity contribution in [3.8, 4) is 5.75 Å². The van der Waals surface area contributed by atoms with E-state index in [1.54, 1.807) is 4.90 Å². The van der Waals surface area contributed by atoms with Gasteiger partial charge in [-0.05, 0) is 45.7 Å². The number of carbonyl (C=O) groups excluding carboxylic acids is 1. The van der Waals surface area contributed by atoms with Gasteiger partial charge in [-0.2, -0.15) is 0 Å². The molecule has 0 unspecified atom stereocenters. The number of ether oxygens (including phenoxy) is 2. The number of likely N-dealkylation sites (tertiary alicyclic amines) is 1. The van der Waals surface area contributed by atoms with Crippen LogP contribution in [0.3, 0.4) is 0 Å². The Morgan fingerprint density at radius 1 is 1.24 bits per heavy atom. The molecule has 1 saturated heterocycles. The van der Waals surface area contributed by atoms with E-state index in [1.807, 2.05) is 39.0 Å². The molecule has 1 heterocycles. The topological polar surface area (TPSA) is 75.2 Å². The first-order valence-electron chi connectivity index (χ1n) is 9.95. The molecule has 1 amide bonds. The van der Waals surface area contributed by atoms with Crippen LogP contribution in [0.1, 0.15) is 39.2 Å². The third-order valence-corrected chi connectivity index (χ3v) is 4.68. The van der Waals surface area contributed by atoms with Crippen LogP contribution >= 0.6 is 35.6 Å². The Hall–Kier alpha value is -1.42. The van der Waals surface area contributed by atoms with Crippen LogP contribution in [0.2, 0.25) is 5.02 Å². The highest BCUT2D eigenvalue weighted by Crippen LogP contribution is 2.24. The Morgan fingerprint density at radius 2 is 1.97 bits per heavy atom. The summed E-state index contributed by atoms with van der Waals surface area (Å²) in [4.78, 5) is 18.3. The molecule has 164 valence electrons. The zero-order valence-electron chi connectivity index (χ0n) is 17.4. The van der Waals surface area contributed by atoms with Gasteiger partial charge in [0.15, 0.2) is 5.96 Å². The molecule has 9 heteroatoms. The molecule has 2 rings (SSSR count). The van der Waals surface area contributed by atoms with Crippen molar-refractivity contribution in [2.45, 2.75) is 46.2 Å². The number of aliphatic imine (C=N–C) groups is 1. The third-order valence-electron chi connectivity index (χ3n) is 4.44. The lowest BCUT2D eigenvalue weighted by molar-refractivity contribution is 0.0963. The first-order valence-corrected chi connectivity index (χ1v) is 10.3. The number of amides is 1. The summed E-state index contributed by atoms with van der Waals surface area (Å²) < 4.78 is 10.7. The number of piperidine rings is 1. The van der Waals surface area contributed by atoms with Crippen molar-refractivity contribution in [3.63, 3.8) is 0 Å². The number of halogens is 2. The average molecular weight is 539 g/mol. The Bertz CT molecular complexity index is 667.